The van der Waals surface area contributed by atoms with Crippen molar-refractivity contribution in [2.45, 2.75) is 0 Å². The lowest BCUT2D eigenvalue weighted by Gasteiger charge is -1.90. The molecular weight excluding hydrogens is 175 g/mol. The Morgan fingerprint density at radius 2 is 1.92 bits per heavy atom. The first-order valence-corrected chi connectivity index (χ1v) is 4.20. The van der Waals surface area contributed by atoms with Gasteiger partial charge in [-0.05, 0) is 18.2 Å². The highest BCUT2D eigenvalue weighted by Gasteiger charge is 2.02. The van der Waals surface area contributed by atoms with Gasteiger partial charge in [-0.1, -0.05) is 0 Å². The van der Waals surface area contributed by atoms with Gasteiger partial charge < -0.3 is 0 Å². The first kappa shape index (κ1) is 7.36. The number of halogens is 1. The second-order valence-corrected chi connectivity index (χ2v) is 3.21. The summed E-state index contributed by atoms with van der Waals surface area (Å²) in [5.41, 5.74) is 0. The van der Waals surface area contributed by atoms with E-state index in [-0.39, 0.29) is 5.13 Å². The van der Waals surface area contributed by atoms with Crippen molar-refractivity contribution in [3.05, 3.63) is 35.7 Å². The third-order valence-electron chi connectivity index (χ3n) is 1.36. The van der Waals surface area contributed by atoms with Crippen LogP contribution in [-0.4, -0.2) is 9.97 Å². The van der Waals surface area contributed by atoms with E-state index in [2.05, 4.69) is 9.97 Å². The van der Waals surface area contributed by atoms with Crippen LogP contribution in [0.5, 0.6) is 0 Å². The van der Waals surface area contributed by atoms with Crippen molar-refractivity contribution in [3.8, 4) is 10.7 Å². The fourth-order valence-corrected chi connectivity index (χ4v) is 1.54. The van der Waals surface area contributed by atoms with Gasteiger partial charge in [0.1, 0.15) is 0 Å². The summed E-state index contributed by atoms with van der Waals surface area (Å²) in [5, 5.41) is -0.211. The maximum absolute atomic E-state index is 12.6. The largest absolute Gasteiger partial charge is 0.236 e. The number of rotatable bonds is 1. The maximum atomic E-state index is 12.6. The summed E-state index contributed by atoms with van der Waals surface area (Å²) in [7, 11) is 0. The molecule has 0 atom stereocenters. The topological polar surface area (TPSA) is 25.8 Å². The standard InChI is InChI=1S/C8H5FN2S/c9-7-3-2-6(12-7)8-10-4-1-5-11-8/h1-5H. The fourth-order valence-electron chi connectivity index (χ4n) is 0.861. The summed E-state index contributed by atoms with van der Waals surface area (Å²) in [6.45, 7) is 0. The Labute approximate surface area is 72.7 Å². The molecular formula is C8H5FN2S. The zero-order valence-electron chi connectivity index (χ0n) is 6.07. The van der Waals surface area contributed by atoms with Crippen molar-refractivity contribution >= 4 is 11.3 Å². The lowest BCUT2D eigenvalue weighted by molar-refractivity contribution is 0.657. The Balaban J connectivity index is 2.45. The number of aromatic nitrogens is 2. The maximum Gasteiger partial charge on any atom is 0.177 e. The highest BCUT2D eigenvalue weighted by atomic mass is 32.1. The minimum Gasteiger partial charge on any atom is -0.236 e. The molecule has 0 amide bonds. The number of hydrogen-bond acceptors (Lipinski definition) is 3. The van der Waals surface area contributed by atoms with E-state index >= 15 is 0 Å². The van der Waals surface area contributed by atoms with E-state index in [1.165, 1.54) is 6.07 Å². The molecule has 0 unspecified atom stereocenters. The highest BCUT2D eigenvalue weighted by Crippen LogP contribution is 2.22. The summed E-state index contributed by atoms with van der Waals surface area (Å²) in [6.07, 6.45) is 3.28. The minimum absolute atomic E-state index is 0.211. The van der Waals surface area contributed by atoms with Crippen LogP contribution in [-0.2, 0) is 0 Å². The average molecular weight is 180 g/mol. The van der Waals surface area contributed by atoms with E-state index < -0.39 is 0 Å². The summed E-state index contributed by atoms with van der Waals surface area (Å²) >= 11 is 1.05. The van der Waals surface area contributed by atoms with Crippen LogP contribution in [0.25, 0.3) is 10.7 Å². The predicted molar refractivity (Wildman–Crippen MR) is 45.3 cm³/mol. The smallest absolute Gasteiger partial charge is 0.177 e. The van der Waals surface area contributed by atoms with Crippen LogP contribution in [0, 0.1) is 5.13 Å². The predicted octanol–water partition coefficient (Wildman–Crippen LogP) is 2.34. The quantitative estimate of drug-likeness (QED) is 0.673. The van der Waals surface area contributed by atoms with Gasteiger partial charge in [0.2, 0.25) is 0 Å². The molecule has 12 heavy (non-hydrogen) atoms. The van der Waals surface area contributed by atoms with E-state index in [4.69, 9.17) is 0 Å². The molecule has 0 bridgehead atoms. The van der Waals surface area contributed by atoms with Gasteiger partial charge in [-0.2, -0.15) is 4.39 Å². The van der Waals surface area contributed by atoms with E-state index in [9.17, 15) is 4.39 Å². The number of hydrogen-bond donors (Lipinski definition) is 0. The second kappa shape index (κ2) is 2.98. The van der Waals surface area contributed by atoms with Crippen molar-refractivity contribution in [1.29, 1.82) is 0 Å². The molecule has 0 radical (unpaired) electrons. The summed E-state index contributed by atoms with van der Waals surface area (Å²) in [4.78, 5) is 8.75. The van der Waals surface area contributed by atoms with E-state index in [1.807, 2.05) is 0 Å². The van der Waals surface area contributed by atoms with Gasteiger partial charge in [-0.15, -0.1) is 11.3 Å². The molecule has 2 aromatic heterocycles. The first-order valence-electron chi connectivity index (χ1n) is 3.39. The van der Waals surface area contributed by atoms with E-state index in [0.717, 1.165) is 16.2 Å². The van der Waals surface area contributed by atoms with Crippen LogP contribution >= 0.6 is 11.3 Å². The summed E-state index contributed by atoms with van der Waals surface area (Å²) in [6, 6.07) is 4.82. The van der Waals surface area contributed by atoms with Crippen molar-refractivity contribution in [1.82, 2.24) is 9.97 Å². The summed E-state index contributed by atoms with van der Waals surface area (Å²) in [5.74, 6) is 0.575. The molecule has 60 valence electrons. The monoisotopic (exact) mass is 180 g/mol. The van der Waals surface area contributed by atoms with E-state index in [1.54, 1.807) is 24.5 Å². The third kappa shape index (κ3) is 1.33. The molecule has 0 aromatic carbocycles. The van der Waals surface area contributed by atoms with Crippen LogP contribution in [0.2, 0.25) is 0 Å². The van der Waals surface area contributed by atoms with Crippen molar-refractivity contribution in [3.63, 3.8) is 0 Å². The lowest BCUT2D eigenvalue weighted by Crippen LogP contribution is -1.81. The van der Waals surface area contributed by atoms with Crippen molar-refractivity contribution in [2.75, 3.05) is 0 Å². The third-order valence-corrected chi connectivity index (χ3v) is 2.23. The molecule has 0 aliphatic carbocycles. The van der Waals surface area contributed by atoms with Gasteiger partial charge in [0.05, 0.1) is 4.88 Å². The van der Waals surface area contributed by atoms with Gasteiger partial charge in [-0.25, -0.2) is 9.97 Å². The average Bonchev–Trinajstić information content (AvgIpc) is 2.54. The molecule has 0 spiro atoms. The van der Waals surface area contributed by atoms with Gasteiger partial charge in [0, 0.05) is 12.4 Å². The van der Waals surface area contributed by atoms with Crippen LogP contribution in [0.15, 0.2) is 30.6 Å². The second-order valence-electron chi connectivity index (χ2n) is 2.18. The van der Waals surface area contributed by atoms with Gasteiger partial charge in [0.25, 0.3) is 0 Å². The zero-order valence-corrected chi connectivity index (χ0v) is 6.88. The van der Waals surface area contributed by atoms with Crippen molar-refractivity contribution < 1.29 is 4.39 Å². The molecule has 0 saturated heterocycles. The fraction of sp³-hybridized carbons (Fsp3) is 0. The molecule has 0 N–H and O–H groups in total. The van der Waals surface area contributed by atoms with Crippen LogP contribution in [0.4, 0.5) is 4.39 Å². The lowest BCUT2D eigenvalue weighted by atomic mass is 10.4. The number of thiophene rings is 1. The molecule has 2 aromatic rings. The molecule has 0 aliphatic heterocycles. The normalized spacial score (nSPS) is 10.1. The van der Waals surface area contributed by atoms with Gasteiger partial charge in [0.15, 0.2) is 11.0 Å². The molecule has 0 fully saturated rings. The van der Waals surface area contributed by atoms with Crippen LogP contribution < -0.4 is 0 Å². The Morgan fingerprint density at radius 3 is 2.50 bits per heavy atom. The Morgan fingerprint density at radius 1 is 1.17 bits per heavy atom. The Bertz CT molecular complexity index is 372. The van der Waals surface area contributed by atoms with Crippen molar-refractivity contribution in [2.24, 2.45) is 0 Å². The number of nitrogens with zero attached hydrogens (tertiary/aromatic N) is 2. The highest BCUT2D eigenvalue weighted by molar-refractivity contribution is 7.13. The van der Waals surface area contributed by atoms with Gasteiger partial charge >= 0.3 is 0 Å². The zero-order chi connectivity index (χ0) is 8.39. The molecule has 4 heteroatoms. The molecule has 2 rings (SSSR count). The first-order chi connectivity index (χ1) is 5.86. The van der Waals surface area contributed by atoms with E-state index in [0.29, 0.717) is 5.82 Å². The Kier molecular flexibility index (Phi) is 1.83. The molecule has 2 heterocycles. The SMILES string of the molecule is Fc1ccc(-c2ncccn2)s1. The Hall–Kier alpha value is -1.29. The molecule has 0 aliphatic rings. The minimum atomic E-state index is -0.211. The van der Waals surface area contributed by atoms with Crippen LogP contribution in [0.1, 0.15) is 0 Å². The molecule has 0 saturated carbocycles. The van der Waals surface area contributed by atoms with Gasteiger partial charge in [-0.3, -0.25) is 0 Å². The molecule has 2 nitrogen and oxygen atoms in total. The van der Waals surface area contributed by atoms with Crippen LogP contribution in [0.3, 0.4) is 0 Å². The summed E-state index contributed by atoms with van der Waals surface area (Å²) < 4.78 is 12.6.